The van der Waals surface area contributed by atoms with Gasteiger partial charge in [0.2, 0.25) is 11.8 Å². The van der Waals surface area contributed by atoms with Crippen molar-refractivity contribution in [2.24, 2.45) is 11.7 Å². The number of aromatic nitrogens is 3. The predicted octanol–water partition coefficient (Wildman–Crippen LogP) is 4.41. The highest BCUT2D eigenvalue weighted by Crippen LogP contribution is 2.35. The van der Waals surface area contributed by atoms with Gasteiger partial charge in [0.15, 0.2) is 17.1 Å². The van der Waals surface area contributed by atoms with Gasteiger partial charge in [-0.1, -0.05) is 17.3 Å². The highest BCUT2D eigenvalue weighted by molar-refractivity contribution is 6.02. The van der Waals surface area contributed by atoms with Gasteiger partial charge in [-0.3, -0.25) is 19.7 Å². The summed E-state index contributed by atoms with van der Waals surface area (Å²) in [4.78, 5) is 69.3. The number of hydrogen-bond acceptors (Lipinski definition) is 12. The van der Waals surface area contributed by atoms with Crippen molar-refractivity contribution in [3.05, 3.63) is 65.6 Å². The Bertz CT molecular complexity index is 2210. The maximum absolute atomic E-state index is 12.7. The Morgan fingerprint density at radius 3 is 2.44 bits per heavy atom. The van der Waals surface area contributed by atoms with Crippen LogP contribution >= 0.6 is 0 Å². The molecule has 2 atom stereocenters. The molecule has 0 spiro atoms. The number of imide groups is 1. The molecule has 4 aromatic rings. The van der Waals surface area contributed by atoms with Crippen LogP contribution in [0.5, 0.6) is 0 Å². The van der Waals surface area contributed by atoms with E-state index >= 15 is 0 Å². The van der Waals surface area contributed by atoms with Crippen molar-refractivity contribution in [2.45, 2.75) is 69.2 Å². The van der Waals surface area contributed by atoms with Crippen molar-refractivity contribution in [3.63, 3.8) is 0 Å². The predicted molar refractivity (Wildman–Crippen MR) is 223 cm³/mol. The molecular formula is C43H53N11O5. The van der Waals surface area contributed by atoms with Crippen LogP contribution in [-0.4, -0.2) is 126 Å². The fourth-order valence-electron chi connectivity index (χ4n) is 9.74. The fraction of sp³-hybridized carbons (Fsp3) is 0.512. The van der Waals surface area contributed by atoms with E-state index in [4.69, 9.17) is 15.2 Å². The Kier molecular flexibility index (Phi) is 10.8. The topological polar surface area (TPSA) is 186 Å². The number of hydrogen-bond donors (Lipinski definition) is 3. The molecule has 5 fully saturated rings. The Morgan fingerprint density at radius 1 is 0.915 bits per heavy atom. The lowest BCUT2D eigenvalue weighted by Crippen LogP contribution is -2.49. The molecule has 0 bridgehead atoms. The molecule has 16 heteroatoms. The minimum atomic E-state index is -0.643. The number of fused-ring (bicyclic) bond motifs is 1. The molecule has 7 heterocycles. The van der Waals surface area contributed by atoms with E-state index in [1.54, 1.807) is 11.1 Å². The smallest absolute Gasteiger partial charge is 0.320 e. The maximum Gasteiger partial charge on any atom is 0.320 e. The lowest BCUT2D eigenvalue weighted by molar-refractivity contribution is -0.134. The van der Waals surface area contributed by atoms with E-state index in [9.17, 15) is 19.2 Å². The van der Waals surface area contributed by atoms with Gasteiger partial charge in [0.05, 0.1) is 18.2 Å². The minimum absolute atomic E-state index is 0.0721. The Morgan fingerprint density at radius 2 is 1.71 bits per heavy atom. The Hall–Kier alpha value is -5.77. The molecule has 0 radical (unpaired) electrons. The van der Waals surface area contributed by atoms with Gasteiger partial charge in [0, 0.05) is 82.1 Å². The van der Waals surface area contributed by atoms with Gasteiger partial charge in [-0.05, 0) is 99.7 Å². The third-order valence-corrected chi connectivity index (χ3v) is 13.2. The standard InChI is InChI=1S/C43H53N11O5/c1-50-21-22-54(43(50)58)32-3-2-16-53(26-32)36-24-45-39(40(44)56)41(47-36)46-30-6-4-28(5-7-30)29-14-17-51(18-15-29)25-27-12-19-52(20-13-27)31-8-9-33-35(23-31)59-49-38(33)34-10-11-37(55)48-42(34)57/h4-9,23-24,27,29,32,34H,2-3,10-22,25-26H2,1H3,(H2,44,56)(H,46,47)(H,48,55,57)/t32-,34?/m1/s1. The van der Waals surface area contributed by atoms with Crippen molar-refractivity contribution >= 4 is 57.7 Å². The quantitative estimate of drug-likeness (QED) is 0.192. The van der Waals surface area contributed by atoms with Gasteiger partial charge in [-0.15, -0.1) is 0 Å². The number of likely N-dealkylation sites (tertiary alicyclic amines) is 1. The number of nitrogens with zero attached hydrogens (tertiary/aromatic N) is 8. The molecule has 0 saturated carbocycles. The zero-order chi connectivity index (χ0) is 40.6. The first-order chi connectivity index (χ1) is 28.7. The third-order valence-electron chi connectivity index (χ3n) is 13.2. The van der Waals surface area contributed by atoms with Crippen LogP contribution in [0.25, 0.3) is 11.0 Å². The summed E-state index contributed by atoms with van der Waals surface area (Å²) in [6.07, 6.45) is 8.72. The summed E-state index contributed by atoms with van der Waals surface area (Å²) in [7, 11) is 1.84. The Labute approximate surface area is 343 Å². The van der Waals surface area contributed by atoms with E-state index in [0.717, 1.165) is 108 Å². The summed E-state index contributed by atoms with van der Waals surface area (Å²) >= 11 is 0. The van der Waals surface area contributed by atoms with Gasteiger partial charge in [-0.2, -0.15) is 0 Å². The van der Waals surface area contributed by atoms with E-state index in [2.05, 4.69) is 53.7 Å². The first-order valence-electron chi connectivity index (χ1n) is 21.2. The molecule has 9 rings (SSSR count). The van der Waals surface area contributed by atoms with Gasteiger partial charge < -0.3 is 40.1 Å². The second-order valence-corrected chi connectivity index (χ2v) is 16.9. The van der Waals surface area contributed by atoms with Crippen LogP contribution in [0.4, 0.5) is 27.8 Å². The summed E-state index contributed by atoms with van der Waals surface area (Å²) < 4.78 is 5.67. The number of primary amides is 1. The molecule has 59 heavy (non-hydrogen) atoms. The number of anilines is 4. The van der Waals surface area contributed by atoms with E-state index in [1.807, 2.05) is 36.2 Å². The number of amides is 5. The number of rotatable bonds is 10. The summed E-state index contributed by atoms with van der Waals surface area (Å²) in [5.74, 6) is 0.478. The minimum Gasteiger partial charge on any atom is -0.371 e. The number of likely N-dealkylation sites (N-methyl/N-ethyl adjacent to an activating group) is 1. The highest BCUT2D eigenvalue weighted by atomic mass is 16.5. The number of nitrogens with one attached hydrogen (secondary N) is 2. The van der Waals surface area contributed by atoms with Crippen molar-refractivity contribution in [1.82, 2.24) is 35.1 Å². The zero-order valence-electron chi connectivity index (χ0n) is 33.6. The lowest BCUT2D eigenvalue weighted by atomic mass is 9.88. The molecule has 0 aliphatic carbocycles. The van der Waals surface area contributed by atoms with E-state index in [0.29, 0.717) is 54.1 Å². The summed E-state index contributed by atoms with van der Waals surface area (Å²) in [5.41, 5.74) is 10.3. The normalized spacial score (nSPS) is 22.7. The van der Waals surface area contributed by atoms with E-state index in [1.165, 1.54) is 5.56 Å². The number of urea groups is 1. The molecular weight excluding hydrogens is 751 g/mol. The van der Waals surface area contributed by atoms with Crippen LogP contribution < -0.4 is 26.2 Å². The SMILES string of the molecule is CN1CCN([C@@H]2CCCN(c3cnc(C(N)=O)c(Nc4ccc(C5CCN(CC6CCN(c7ccc8c(C9CCC(=O)NC9=O)noc8c7)CC6)CC5)cc4)n3)C2)C1=O. The van der Waals surface area contributed by atoms with E-state index in [-0.39, 0.29) is 29.6 Å². The molecule has 16 nitrogen and oxygen atoms in total. The number of carbonyl (C=O) groups excluding carboxylic acids is 4. The zero-order valence-corrected chi connectivity index (χ0v) is 33.6. The van der Waals surface area contributed by atoms with E-state index < -0.39 is 11.8 Å². The third kappa shape index (κ3) is 8.14. The Balaban J connectivity index is 0.754. The summed E-state index contributed by atoms with van der Waals surface area (Å²) in [6, 6.07) is 14.7. The molecule has 310 valence electrons. The molecule has 5 aliphatic heterocycles. The first kappa shape index (κ1) is 38.7. The van der Waals surface area contributed by atoms with Crippen molar-refractivity contribution in [2.75, 3.05) is 81.1 Å². The van der Waals surface area contributed by atoms with Gasteiger partial charge in [0.25, 0.3) is 5.91 Å². The van der Waals surface area contributed by atoms with Crippen molar-refractivity contribution < 1.29 is 23.7 Å². The number of piperidine rings is 4. The molecule has 5 aliphatic rings. The van der Waals surface area contributed by atoms with Crippen LogP contribution in [-0.2, 0) is 9.59 Å². The summed E-state index contributed by atoms with van der Waals surface area (Å²) in [6.45, 7) is 8.17. The van der Waals surface area contributed by atoms with Crippen LogP contribution in [0.3, 0.4) is 0 Å². The van der Waals surface area contributed by atoms with Crippen LogP contribution in [0, 0.1) is 5.92 Å². The number of benzene rings is 2. The molecule has 5 saturated heterocycles. The van der Waals surface area contributed by atoms with Gasteiger partial charge >= 0.3 is 6.03 Å². The molecule has 1 unspecified atom stereocenters. The molecule has 2 aromatic carbocycles. The van der Waals surface area contributed by atoms with Gasteiger partial charge in [0.1, 0.15) is 11.5 Å². The first-order valence-corrected chi connectivity index (χ1v) is 21.2. The average molecular weight is 804 g/mol. The monoisotopic (exact) mass is 803 g/mol. The lowest BCUT2D eigenvalue weighted by Gasteiger charge is -2.38. The average Bonchev–Trinajstić information content (AvgIpc) is 3.83. The molecule has 2 aromatic heterocycles. The molecule has 4 N–H and O–H groups in total. The number of carbonyl (C=O) groups is 4. The van der Waals surface area contributed by atoms with Crippen LogP contribution in [0.1, 0.15) is 84.9 Å². The van der Waals surface area contributed by atoms with Crippen LogP contribution in [0.2, 0.25) is 0 Å². The molecule has 5 amide bonds. The largest absolute Gasteiger partial charge is 0.371 e. The summed E-state index contributed by atoms with van der Waals surface area (Å²) in [5, 5.41) is 10.8. The van der Waals surface area contributed by atoms with Crippen molar-refractivity contribution in [3.8, 4) is 0 Å². The second-order valence-electron chi connectivity index (χ2n) is 16.9. The second kappa shape index (κ2) is 16.5. The van der Waals surface area contributed by atoms with Crippen LogP contribution in [0.15, 0.2) is 53.2 Å². The van der Waals surface area contributed by atoms with Crippen molar-refractivity contribution in [1.29, 1.82) is 0 Å². The fourth-order valence-corrected chi connectivity index (χ4v) is 9.74. The number of nitrogens with two attached hydrogens (primary N) is 1. The van der Waals surface area contributed by atoms with Gasteiger partial charge in [-0.25, -0.2) is 14.8 Å². The maximum atomic E-state index is 12.7. The highest BCUT2D eigenvalue weighted by Gasteiger charge is 2.35.